The van der Waals surface area contributed by atoms with Crippen molar-refractivity contribution in [2.45, 2.75) is 31.2 Å². The lowest BCUT2D eigenvalue weighted by Crippen LogP contribution is -2.31. The Balaban J connectivity index is 3.07. The lowest BCUT2D eigenvalue weighted by Gasteiger charge is -2.13. The predicted octanol–water partition coefficient (Wildman–Crippen LogP) is 2.43. The van der Waals surface area contributed by atoms with Crippen molar-refractivity contribution in [3.8, 4) is 5.75 Å². The summed E-state index contributed by atoms with van der Waals surface area (Å²) in [5.41, 5.74) is 0. The molecule has 0 aliphatic heterocycles. The van der Waals surface area contributed by atoms with Crippen LogP contribution in [0.15, 0.2) is 23.1 Å². The van der Waals surface area contributed by atoms with Crippen LogP contribution in [0.2, 0.25) is 5.02 Å². The van der Waals surface area contributed by atoms with Crippen molar-refractivity contribution in [1.82, 2.24) is 4.72 Å². The molecule has 0 aromatic heterocycles. The van der Waals surface area contributed by atoms with E-state index in [-0.39, 0.29) is 10.9 Å². The topological polar surface area (TPSA) is 55.4 Å². The third-order valence-corrected chi connectivity index (χ3v) is 4.30. The van der Waals surface area contributed by atoms with Gasteiger partial charge in [-0.3, -0.25) is 0 Å². The molecule has 1 rings (SSSR count). The Bertz CT molecular complexity index is 487. The fourth-order valence-electron chi connectivity index (χ4n) is 1.22. The van der Waals surface area contributed by atoms with E-state index >= 15 is 0 Å². The minimum absolute atomic E-state index is 0.110. The highest BCUT2D eigenvalue weighted by Gasteiger charge is 2.18. The number of rotatable bonds is 5. The Morgan fingerprint density at radius 1 is 1.47 bits per heavy atom. The van der Waals surface area contributed by atoms with Crippen LogP contribution in [0, 0.1) is 0 Å². The van der Waals surface area contributed by atoms with E-state index in [1.165, 1.54) is 25.3 Å². The second-order valence-corrected chi connectivity index (χ2v) is 5.85. The molecule has 4 nitrogen and oxygen atoms in total. The third-order valence-electron chi connectivity index (χ3n) is 2.40. The van der Waals surface area contributed by atoms with Crippen LogP contribution in [0.1, 0.15) is 20.3 Å². The van der Waals surface area contributed by atoms with Gasteiger partial charge in [0, 0.05) is 12.1 Å². The van der Waals surface area contributed by atoms with Gasteiger partial charge in [0.25, 0.3) is 0 Å². The first-order chi connectivity index (χ1) is 7.90. The summed E-state index contributed by atoms with van der Waals surface area (Å²) in [7, 11) is -2.07. The molecule has 0 heterocycles. The summed E-state index contributed by atoms with van der Waals surface area (Å²) >= 11 is 5.84. The Labute approximate surface area is 107 Å². The zero-order valence-electron chi connectivity index (χ0n) is 10.0. The van der Waals surface area contributed by atoms with Gasteiger partial charge in [0.15, 0.2) is 0 Å². The molecule has 96 valence electrons. The molecule has 0 saturated carbocycles. The van der Waals surface area contributed by atoms with Crippen LogP contribution < -0.4 is 9.46 Å². The average Bonchev–Trinajstić information content (AvgIpc) is 2.28. The number of hydrogen-bond donors (Lipinski definition) is 1. The smallest absolute Gasteiger partial charge is 0.240 e. The second kappa shape index (κ2) is 5.71. The number of sulfonamides is 1. The number of nitrogens with one attached hydrogen (secondary N) is 1. The monoisotopic (exact) mass is 277 g/mol. The molecular weight excluding hydrogens is 262 g/mol. The predicted molar refractivity (Wildman–Crippen MR) is 68.1 cm³/mol. The van der Waals surface area contributed by atoms with E-state index in [0.29, 0.717) is 10.8 Å². The standard InChI is InChI=1S/C11H16ClNO3S/c1-4-8(2)13-17(14,15)9-5-6-10(12)11(7-9)16-3/h5-8,13H,4H2,1-3H3. The molecule has 0 saturated heterocycles. The molecule has 0 aliphatic rings. The molecule has 6 heteroatoms. The highest BCUT2D eigenvalue weighted by Crippen LogP contribution is 2.27. The lowest BCUT2D eigenvalue weighted by atomic mass is 10.3. The van der Waals surface area contributed by atoms with Crippen molar-refractivity contribution in [2.75, 3.05) is 7.11 Å². The molecule has 0 fully saturated rings. The minimum Gasteiger partial charge on any atom is -0.495 e. The molecule has 0 radical (unpaired) electrons. The number of ether oxygens (including phenoxy) is 1. The Kier molecular flexibility index (Phi) is 4.80. The Hall–Kier alpha value is -0.780. The molecular formula is C11H16ClNO3S. The van der Waals surface area contributed by atoms with E-state index in [4.69, 9.17) is 16.3 Å². The first-order valence-corrected chi connectivity index (χ1v) is 7.12. The van der Waals surface area contributed by atoms with Gasteiger partial charge in [-0.15, -0.1) is 0 Å². The van der Waals surface area contributed by atoms with E-state index in [9.17, 15) is 8.42 Å². The van der Waals surface area contributed by atoms with Crippen LogP contribution in [-0.2, 0) is 10.0 Å². The van der Waals surface area contributed by atoms with Crippen LogP contribution >= 0.6 is 11.6 Å². The van der Waals surface area contributed by atoms with Gasteiger partial charge in [-0.25, -0.2) is 13.1 Å². The quantitative estimate of drug-likeness (QED) is 0.899. The molecule has 0 spiro atoms. The fourth-order valence-corrected chi connectivity index (χ4v) is 2.76. The summed E-state index contributed by atoms with van der Waals surface area (Å²) in [6.45, 7) is 3.72. The number of hydrogen-bond acceptors (Lipinski definition) is 3. The first-order valence-electron chi connectivity index (χ1n) is 5.26. The lowest BCUT2D eigenvalue weighted by molar-refractivity contribution is 0.413. The van der Waals surface area contributed by atoms with Crippen molar-refractivity contribution in [1.29, 1.82) is 0 Å². The largest absolute Gasteiger partial charge is 0.495 e. The van der Waals surface area contributed by atoms with E-state index in [1.807, 2.05) is 13.8 Å². The van der Waals surface area contributed by atoms with Crippen molar-refractivity contribution < 1.29 is 13.2 Å². The zero-order chi connectivity index (χ0) is 13.1. The average molecular weight is 278 g/mol. The van der Waals surface area contributed by atoms with Gasteiger partial charge >= 0.3 is 0 Å². The molecule has 1 aromatic carbocycles. The first kappa shape index (κ1) is 14.3. The van der Waals surface area contributed by atoms with E-state index in [1.54, 1.807) is 0 Å². The van der Waals surface area contributed by atoms with Crippen molar-refractivity contribution in [3.05, 3.63) is 23.2 Å². The second-order valence-electron chi connectivity index (χ2n) is 3.73. The van der Waals surface area contributed by atoms with E-state index < -0.39 is 10.0 Å². The molecule has 0 aliphatic carbocycles. The minimum atomic E-state index is -3.51. The fraction of sp³-hybridized carbons (Fsp3) is 0.455. The summed E-state index contributed by atoms with van der Waals surface area (Å²) in [5, 5.41) is 0.384. The van der Waals surface area contributed by atoms with Gasteiger partial charge in [0.1, 0.15) is 5.75 Å². The van der Waals surface area contributed by atoms with Gasteiger partial charge in [-0.1, -0.05) is 18.5 Å². The maximum Gasteiger partial charge on any atom is 0.240 e. The van der Waals surface area contributed by atoms with E-state index in [2.05, 4.69) is 4.72 Å². The number of benzene rings is 1. The zero-order valence-corrected chi connectivity index (χ0v) is 11.6. The molecule has 1 atom stereocenters. The molecule has 0 amide bonds. The normalized spacial score (nSPS) is 13.4. The van der Waals surface area contributed by atoms with Crippen molar-refractivity contribution in [2.24, 2.45) is 0 Å². The number of methoxy groups -OCH3 is 1. The van der Waals surface area contributed by atoms with Gasteiger partial charge in [0.2, 0.25) is 10.0 Å². The summed E-state index contributed by atoms with van der Waals surface area (Å²) in [4.78, 5) is 0.152. The molecule has 0 bridgehead atoms. The van der Waals surface area contributed by atoms with Gasteiger partial charge in [-0.05, 0) is 25.5 Å². The highest BCUT2D eigenvalue weighted by atomic mass is 35.5. The summed E-state index contributed by atoms with van der Waals surface area (Å²) in [5.74, 6) is 0.346. The molecule has 17 heavy (non-hydrogen) atoms. The summed E-state index contributed by atoms with van der Waals surface area (Å²) in [6, 6.07) is 4.26. The molecule has 1 unspecified atom stereocenters. The van der Waals surface area contributed by atoms with Crippen molar-refractivity contribution in [3.63, 3.8) is 0 Å². The van der Waals surface area contributed by atoms with Crippen molar-refractivity contribution >= 4 is 21.6 Å². The van der Waals surface area contributed by atoms with Crippen LogP contribution in [0.25, 0.3) is 0 Å². The third kappa shape index (κ3) is 3.59. The summed E-state index contributed by atoms with van der Waals surface area (Å²) < 4.78 is 31.5. The van der Waals surface area contributed by atoms with Crippen LogP contribution in [0.3, 0.4) is 0 Å². The van der Waals surface area contributed by atoms with Crippen LogP contribution in [0.4, 0.5) is 0 Å². The number of halogens is 1. The van der Waals surface area contributed by atoms with Gasteiger partial charge < -0.3 is 4.74 Å². The maximum absolute atomic E-state index is 12.0. The van der Waals surface area contributed by atoms with Gasteiger partial charge in [-0.2, -0.15) is 0 Å². The summed E-state index contributed by atoms with van der Waals surface area (Å²) in [6.07, 6.45) is 0.726. The van der Waals surface area contributed by atoms with Crippen LogP contribution in [0.5, 0.6) is 5.75 Å². The Morgan fingerprint density at radius 2 is 2.12 bits per heavy atom. The molecule has 1 N–H and O–H groups in total. The SMILES string of the molecule is CCC(C)NS(=O)(=O)c1ccc(Cl)c(OC)c1. The highest BCUT2D eigenvalue weighted by molar-refractivity contribution is 7.89. The van der Waals surface area contributed by atoms with Crippen LogP contribution in [-0.4, -0.2) is 21.6 Å². The van der Waals surface area contributed by atoms with Gasteiger partial charge in [0.05, 0.1) is 17.0 Å². The Morgan fingerprint density at radius 3 is 2.65 bits per heavy atom. The van der Waals surface area contributed by atoms with E-state index in [0.717, 1.165) is 6.42 Å². The maximum atomic E-state index is 12.0. The molecule has 1 aromatic rings.